The number of nitrogens with zero attached hydrogens (tertiary/aromatic N) is 4. The van der Waals surface area contributed by atoms with Gasteiger partial charge >= 0.3 is 11.9 Å². The zero-order chi connectivity index (χ0) is 19.6. The summed E-state index contributed by atoms with van der Waals surface area (Å²) in [7, 11) is 1.33. The number of imidazole rings is 1. The highest BCUT2D eigenvalue weighted by Gasteiger charge is 2.38. The van der Waals surface area contributed by atoms with Crippen LogP contribution in [0.3, 0.4) is 0 Å². The number of alkyl halides is 3. The number of nitrogens with one attached hydrogen (secondary N) is 1. The summed E-state index contributed by atoms with van der Waals surface area (Å²) in [5.74, 6) is 0. The van der Waals surface area contributed by atoms with E-state index in [0.29, 0.717) is 9.90 Å². The number of aromatic nitrogens is 4. The van der Waals surface area contributed by atoms with Crippen LogP contribution >= 0.6 is 23.3 Å². The number of rotatable bonds is 4. The van der Waals surface area contributed by atoms with Crippen LogP contribution in [0.2, 0.25) is 0 Å². The Balaban J connectivity index is 1.95. The van der Waals surface area contributed by atoms with Gasteiger partial charge in [0, 0.05) is 17.5 Å². The van der Waals surface area contributed by atoms with Gasteiger partial charge in [-0.25, -0.2) is 9.36 Å². The average molecular weight is 415 g/mol. The summed E-state index contributed by atoms with van der Waals surface area (Å²) >= 11 is 2.31. The second-order valence-corrected chi connectivity index (χ2v) is 8.92. The minimum absolute atomic E-state index is 0.0509. The molecule has 3 aromatic rings. The van der Waals surface area contributed by atoms with Crippen LogP contribution < -0.4 is 10.4 Å². The molecule has 0 radical (unpaired) electrons. The molecule has 1 aromatic carbocycles. The zero-order valence-electron chi connectivity index (χ0n) is 14.7. The standard InChI is InChI=1S/C16H16F3N5OS2/c1-8-20-21-13(26-8)24-11-7-9(27-22-15(2)4-5-15)6-10(16(17,18)19)12(11)23(3)14(24)25/h6-7,22H,4-5H2,1-3H3. The Bertz CT molecular complexity index is 1090. The second-order valence-electron chi connectivity index (χ2n) is 6.88. The highest BCUT2D eigenvalue weighted by atomic mass is 32.2. The van der Waals surface area contributed by atoms with Crippen molar-refractivity contribution in [1.82, 2.24) is 24.1 Å². The molecule has 0 saturated heterocycles. The van der Waals surface area contributed by atoms with E-state index < -0.39 is 17.4 Å². The first kappa shape index (κ1) is 18.5. The van der Waals surface area contributed by atoms with Crippen LogP contribution in [0.1, 0.15) is 30.3 Å². The lowest BCUT2D eigenvalue weighted by molar-refractivity contribution is -0.136. The maximum absolute atomic E-state index is 13.7. The molecule has 0 aliphatic heterocycles. The van der Waals surface area contributed by atoms with Gasteiger partial charge in [0.15, 0.2) is 0 Å². The van der Waals surface area contributed by atoms with E-state index in [1.165, 1.54) is 11.6 Å². The average Bonchev–Trinajstić information content (AvgIpc) is 3.09. The molecule has 1 aliphatic carbocycles. The van der Waals surface area contributed by atoms with E-state index in [2.05, 4.69) is 14.9 Å². The molecule has 144 valence electrons. The molecule has 27 heavy (non-hydrogen) atoms. The van der Waals surface area contributed by atoms with Crippen LogP contribution in [0, 0.1) is 6.92 Å². The third-order valence-corrected chi connectivity index (χ3v) is 6.44. The van der Waals surface area contributed by atoms with E-state index in [4.69, 9.17) is 0 Å². The van der Waals surface area contributed by atoms with Gasteiger partial charge < -0.3 is 0 Å². The van der Waals surface area contributed by atoms with Gasteiger partial charge in [0.1, 0.15) is 5.01 Å². The Kier molecular flexibility index (Phi) is 4.17. The van der Waals surface area contributed by atoms with Crippen molar-refractivity contribution in [2.75, 3.05) is 0 Å². The zero-order valence-corrected chi connectivity index (χ0v) is 16.3. The molecule has 6 nitrogen and oxygen atoms in total. The summed E-state index contributed by atoms with van der Waals surface area (Å²) in [6.45, 7) is 3.74. The van der Waals surface area contributed by atoms with Crippen LogP contribution in [0.4, 0.5) is 13.2 Å². The SMILES string of the molecule is Cc1nnc(-n2c(=O)n(C)c3c(C(F)(F)F)cc(SNC4(C)CC4)cc32)s1. The molecular weight excluding hydrogens is 399 g/mol. The fraction of sp³-hybridized carbons (Fsp3) is 0.438. The molecule has 1 N–H and O–H groups in total. The van der Waals surface area contributed by atoms with Crippen LogP contribution in [0.5, 0.6) is 0 Å². The Morgan fingerprint density at radius 3 is 2.56 bits per heavy atom. The monoisotopic (exact) mass is 415 g/mol. The summed E-state index contributed by atoms with van der Waals surface area (Å²) in [6.07, 6.45) is -2.63. The third kappa shape index (κ3) is 3.27. The van der Waals surface area contributed by atoms with Crippen LogP contribution in [-0.2, 0) is 13.2 Å². The van der Waals surface area contributed by atoms with E-state index >= 15 is 0 Å². The first-order valence-corrected chi connectivity index (χ1v) is 9.79. The van der Waals surface area contributed by atoms with Crippen molar-refractivity contribution in [1.29, 1.82) is 0 Å². The van der Waals surface area contributed by atoms with Gasteiger partial charge in [0.25, 0.3) is 0 Å². The van der Waals surface area contributed by atoms with Crippen LogP contribution in [0.25, 0.3) is 16.2 Å². The summed E-state index contributed by atoms with van der Waals surface area (Å²) in [5.41, 5.74) is -1.48. The summed E-state index contributed by atoms with van der Waals surface area (Å²) in [6, 6.07) is 2.67. The van der Waals surface area contributed by atoms with E-state index in [9.17, 15) is 18.0 Å². The molecule has 1 fully saturated rings. The summed E-state index contributed by atoms with van der Waals surface area (Å²) < 4.78 is 46.6. The van der Waals surface area contributed by atoms with Crippen LogP contribution in [-0.4, -0.2) is 24.9 Å². The third-order valence-electron chi connectivity index (χ3n) is 4.55. The van der Waals surface area contributed by atoms with Gasteiger partial charge in [0.05, 0.1) is 16.6 Å². The van der Waals surface area contributed by atoms with Gasteiger partial charge in [-0.2, -0.15) is 13.2 Å². The fourth-order valence-corrected chi connectivity index (χ4v) is 4.38. The minimum atomic E-state index is -4.59. The van der Waals surface area contributed by atoms with Crippen molar-refractivity contribution in [2.24, 2.45) is 7.05 Å². The van der Waals surface area contributed by atoms with Crippen LogP contribution in [0.15, 0.2) is 21.8 Å². The molecule has 0 spiro atoms. The maximum atomic E-state index is 13.7. The Hall–Kier alpha value is -1.85. The lowest BCUT2D eigenvalue weighted by Crippen LogP contribution is -2.21. The highest BCUT2D eigenvalue weighted by molar-refractivity contribution is 7.97. The lowest BCUT2D eigenvalue weighted by Gasteiger charge is -2.14. The predicted octanol–water partition coefficient (Wildman–Crippen LogP) is 3.66. The Morgan fingerprint density at radius 2 is 2.00 bits per heavy atom. The number of benzene rings is 1. The molecule has 0 amide bonds. The van der Waals surface area contributed by atoms with Gasteiger partial charge in [-0.3, -0.25) is 9.29 Å². The van der Waals surface area contributed by atoms with E-state index in [0.717, 1.165) is 46.8 Å². The number of halogens is 3. The van der Waals surface area contributed by atoms with Gasteiger partial charge in [-0.05, 0) is 50.8 Å². The molecule has 4 rings (SSSR count). The normalized spacial score (nSPS) is 16.2. The minimum Gasteiger partial charge on any atom is -0.294 e. The first-order valence-electron chi connectivity index (χ1n) is 8.16. The molecule has 1 aliphatic rings. The van der Waals surface area contributed by atoms with Gasteiger partial charge in [0.2, 0.25) is 5.13 Å². The topological polar surface area (TPSA) is 64.7 Å². The van der Waals surface area contributed by atoms with Crippen molar-refractivity contribution in [3.8, 4) is 5.13 Å². The Labute approximate surface area is 160 Å². The van der Waals surface area contributed by atoms with Crippen molar-refractivity contribution in [3.63, 3.8) is 0 Å². The van der Waals surface area contributed by atoms with E-state index in [1.807, 2.05) is 6.92 Å². The van der Waals surface area contributed by atoms with Crippen molar-refractivity contribution in [2.45, 2.75) is 43.3 Å². The molecule has 0 unspecified atom stereocenters. The molecule has 1 saturated carbocycles. The quantitative estimate of drug-likeness (QED) is 0.659. The largest absolute Gasteiger partial charge is 0.418 e. The molecule has 0 bridgehead atoms. The number of hydrogen-bond donors (Lipinski definition) is 1. The smallest absolute Gasteiger partial charge is 0.294 e. The lowest BCUT2D eigenvalue weighted by atomic mass is 10.1. The van der Waals surface area contributed by atoms with Gasteiger partial charge in [-0.1, -0.05) is 11.3 Å². The number of hydrogen-bond acceptors (Lipinski definition) is 6. The number of aryl methyl sites for hydroxylation is 2. The number of fused-ring (bicyclic) bond motifs is 1. The molecular formula is C16H16F3N5OS2. The maximum Gasteiger partial charge on any atom is 0.418 e. The van der Waals surface area contributed by atoms with Crippen molar-refractivity contribution in [3.05, 3.63) is 33.2 Å². The molecule has 2 heterocycles. The summed E-state index contributed by atoms with van der Waals surface area (Å²) in [5, 5.41) is 8.70. The van der Waals surface area contributed by atoms with Crippen molar-refractivity contribution < 1.29 is 13.2 Å². The molecule has 2 aromatic heterocycles. The van der Waals surface area contributed by atoms with Crippen molar-refractivity contribution >= 4 is 34.3 Å². The van der Waals surface area contributed by atoms with E-state index in [-0.39, 0.29) is 21.7 Å². The van der Waals surface area contributed by atoms with Gasteiger partial charge in [-0.15, -0.1) is 10.2 Å². The Morgan fingerprint density at radius 1 is 1.30 bits per heavy atom. The highest BCUT2D eigenvalue weighted by Crippen LogP contribution is 2.41. The second kappa shape index (κ2) is 6.08. The molecule has 11 heteroatoms. The summed E-state index contributed by atoms with van der Waals surface area (Å²) in [4.78, 5) is 13.1. The van der Waals surface area contributed by atoms with E-state index in [1.54, 1.807) is 13.0 Å². The first-order chi connectivity index (χ1) is 12.6. The fourth-order valence-electron chi connectivity index (χ4n) is 2.77. The predicted molar refractivity (Wildman–Crippen MR) is 98.4 cm³/mol. The molecule has 0 atom stereocenters.